The van der Waals surface area contributed by atoms with Crippen molar-refractivity contribution in [3.8, 4) is 34.3 Å². The number of fused-ring (bicyclic) bond motifs is 1. The van der Waals surface area contributed by atoms with Crippen LogP contribution in [0.15, 0.2) is 52.2 Å². The average Bonchev–Trinajstić information content (AvgIpc) is 3.57. The van der Waals surface area contributed by atoms with Crippen molar-refractivity contribution >= 4 is 17.9 Å². The van der Waals surface area contributed by atoms with E-state index in [-0.39, 0.29) is 24.1 Å². The van der Waals surface area contributed by atoms with Crippen LogP contribution in [0.2, 0.25) is 0 Å². The first-order chi connectivity index (χ1) is 16.1. The van der Waals surface area contributed by atoms with E-state index in [0.29, 0.717) is 34.1 Å². The maximum absolute atomic E-state index is 12.9. The molecule has 4 aromatic rings. The number of anilines is 1. The molecule has 0 unspecified atom stereocenters. The van der Waals surface area contributed by atoms with E-state index in [9.17, 15) is 4.79 Å². The Kier molecular flexibility index (Phi) is 5.03. The molecule has 0 saturated carbocycles. The molecule has 0 saturated heterocycles. The number of ether oxygens (including phenoxy) is 3. The number of methoxy groups -OCH3 is 1. The zero-order valence-corrected chi connectivity index (χ0v) is 17.1. The van der Waals surface area contributed by atoms with Gasteiger partial charge in [0.15, 0.2) is 17.2 Å². The lowest BCUT2D eigenvalue weighted by Crippen LogP contribution is -2.19. The fraction of sp³-hybridized carbons (Fsp3) is 0.100. The number of benzene rings is 2. The Balaban J connectivity index is 1.46. The number of rotatable bonds is 6. The third kappa shape index (κ3) is 3.78. The van der Waals surface area contributed by atoms with Crippen molar-refractivity contribution in [3.63, 3.8) is 0 Å². The molecule has 0 fully saturated rings. The first-order valence-electron chi connectivity index (χ1n) is 9.55. The molecule has 0 atom stereocenters. The van der Waals surface area contributed by atoms with Gasteiger partial charge in [-0.1, -0.05) is 17.3 Å². The molecule has 3 heterocycles. The summed E-state index contributed by atoms with van der Waals surface area (Å²) in [4.78, 5) is 12.9. The maximum atomic E-state index is 12.9. The van der Waals surface area contributed by atoms with Gasteiger partial charge in [0.1, 0.15) is 11.4 Å². The third-order valence-electron chi connectivity index (χ3n) is 4.70. The molecule has 33 heavy (non-hydrogen) atoms. The van der Waals surface area contributed by atoms with Crippen LogP contribution in [-0.4, -0.2) is 51.3 Å². The monoisotopic (exact) mass is 448 g/mol. The number of hydrogen-bond donors (Lipinski definition) is 2. The summed E-state index contributed by atoms with van der Waals surface area (Å²) in [5.41, 5.74) is 9.83. The van der Waals surface area contributed by atoms with Crippen molar-refractivity contribution in [1.82, 2.24) is 30.7 Å². The summed E-state index contributed by atoms with van der Waals surface area (Å²) in [5, 5.41) is 19.3. The number of nitrogens with zero attached hydrogens (tertiary/aromatic N) is 6. The fourth-order valence-corrected chi connectivity index (χ4v) is 3.16. The summed E-state index contributed by atoms with van der Waals surface area (Å²) in [5.74, 6) is 1.29. The number of hydrogen-bond acceptors (Lipinski definition) is 11. The van der Waals surface area contributed by atoms with Crippen LogP contribution < -0.4 is 25.4 Å². The van der Waals surface area contributed by atoms with Crippen molar-refractivity contribution in [3.05, 3.63) is 53.7 Å². The van der Waals surface area contributed by atoms with Gasteiger partial charge in [0.25, 0.3) is 5.91 Å². The van der Waals surface area contributed by atoms with Crippen LogP contribution in [0.25, 0.3) is 17.1 Å². The van der Waals surface area contributed by atoms with Gasteiger partial charge in [0.2, 0.25) is 18.4 Å². The molecule has 0 spiro atoms. The van der Waals surface area contributed by atoms with Crippen LogP contribution in [0, 0.1) is 0 Å². The van der Waals surface area contributed by atoms with E-state index in [4.69, 9.17) is 19.9 Å². The maximum Gasteiger partial charge on any atom is 0.294 e. The molecule has 0 radical (unpaired) electrons. The van der Waals surface area contributed by atoms with E-state index in [1.807, 2.05) is 0 Å². The summed E-state index contributed by atoms with van der Waals surface area (Å²) < 4.78 is 21.8. The second-order valence-corrected chi connectivity index (χ2v) is 6.72. The van der Waals surface area contributed by atoms with Crippen LogP contribution >= 0.6 is 0 Å². The number of nitrogen functional groups attached to an aromatic ring is 1. The molecule has 0 aliphatic carbocycles. The first-order valence-corrected chi connectivity index (χ1v) is 9.55. The predicted molar refractivity (Wildman–Crippen MR) is 113 cm³/mol. The molecular formula is C20H16N8O5. The molecule has 5 rings (SSSR count). The lowest BCUT2D eigenvalue weighted by molar-refractivity contribution is 0.0950. The number of amides is 1. The van der Waals surface area contributed by atoms with Gasteiger partial charge in [-0.05, 0) is 46.2 Å². The molecule has 13 nitrogen and oxygen atoms in total. The van der Waals surface area contributed by atoms with E-state index in [1.165, 1.54) is 18.0 Å². The van der Waals surface area contributed by atoms with Gasteiger partial charge >= 0.3 is 0 Å². The first kappa shape index (κ1) is 20.0. The molecule has 0 bridgehead atoms. The molecular weight excluding hydrogens is 432 g/mol. The molecule has 13 heteroatoms. The van der Waals surface area contributed by atoms with Crippen molar-refractivity contribution in [2.75, 3.05) is 19.6 Å². The number of aromatic nitrogens is 5. The quantitative estimate of drug-likeness (QED) is 0.325. The highest BCUT2D eigenvalue weighted by molar-refractivity contribution is 5.99. The SMILES string of the molecule is COc1cccc(-c2c(C(=O)N/N=C/c3ccc4c(c3)OCO4)nnn2-c2nonc2N)c1. The predicted octanol–water partition coefficient (Wildman–Crippen LogP) is 1.40. The number of carbonyl (C=O) groups excluding carboxylic acids is 1. The van der Waals surface area contributed by atoms with Gasteiger partial charge < -0.3 is 19.9 Å². The standard InChI is InChI=1S/C20H16N8O5/c1-30-13-4-2-3-12(8-13)17-16(23-27-28(17)19-18(21)25-33-26-19)20(29)24-22-9-11-5-6-14-15(7-11)32-10-31-14/h2-9H,10H2,1H3,(H2,21,25)(H,24,29)/b22-9+. The molecule has 1 amide bonds. The van der Waals surface area contributed by atoms with Crippen LogP contribution in [0.5, 0.6) is 17.2 Å². The van der Waals surface area contributed by atoms with Gasteiger partial charge in [-0.2, -0.15) is 9.78 Å². The highest BCUT2D eigenvalue weighted by Crippen LogP contribution is 2.32. The van der Waals surface area contributed by atoms with Crippen LogP contribution in [0.1, 0.15) is 16.1 Å². The Labute approximate surface area is 185 Å². The number of nitrogens with two attached hydrogens (primary N) is 1. The molecule has 2 aromatic heterocycles. The van der Waals surface area contributed by atoms with E-state index < -0.39 is 5.91 Å². The van der Waals surface area contributed by atoms with Crippen molar-refractivity contribution < 1.29 is 23.6 Å². The van der Waals surface area contributed by atoms with E-state index >= 15 is 0 Å². The second kappa shape index (κ2) is 8.30. The largest absolute Gasteiger partial charge is 0.497 e. The highest BCUT2D eigenvalue weighted by Gasteiger charge is 2.25. The van der Waals surface area contributed by atoms with Crippen LogP contribution in [-0.2, 0) is 0 Å². The summed E-state index contributed by atoms with van der Waals surface area (Å²) in [6, 6.07) is 12.3. The normalized spacial score (nSPS) is 12.3. The molecule has 1 aliphatic rings. The fourth-order valence-electron chi connectivity index (χ4n) is 3.16. The van der Waals surface area contributed by atoms with Crippen molar-refractivity contribution in [1.29, 1.82) is 0 Å². The van der Waals surface area contributed by atoms with Gasteiger partial charge in [-0.3, -0.25) is 4.79 Å². The van der Waals surface area contributed by atoms with E-state index in [2.05, 4.69) is 35.8 Å². The zero-order valence-electron chi connectivity index (χ0n) is 17.1. The summed E-state index contributed by atoms with van der Waals surface area (Å²) in [6.07, 6.45) is 1.47. The lowest BCUT2D eigenvalue weighted by atomic mass is 10.1. The molecule has 166 valence electrons. The molecule has 2 aromatic carbocycles. The van der Waals surface area contributed by atoms with E-state index in [1.54, 1.807) is 42.5 Å². The van der Waals surface area contributed by atoms with Gasteiger partial charge in [-0.15, -0.1) is 5.10 Å². The highest BCUT2D eigenvalue weighted by atomic mass is 16.7. The Hall–Kier alpha value is -4.94. The zero-order chi connectivity index (χ0) is 22.8. The van der Waals surface area contributed by atoms with Gasteiger partial charge in [0, 0.05) is 5.56 Å². The van der Waals surface area contributed by atoms with Crippen molar-refractivity contribution in [2.24, 2.45) is 5.10 Å². The smallest absolute Gasteiger partial charge is 0.294 e. The Morgan fingerprint density at radius 2 is 2.09 bits per heavy atom. The van der Waals surface area contributed by atoms with Crippen LogP contribution in [0.3, 0.4) is 0 Å². The summed E-state index contributed by atoms with van der Waals surface area (Å²) in [7, 11) is 1.53. The Morgan fingerprint density at radius 3 is 2.91 bits per heavy atom. The minimum Gasteiger partial charge on any atom is -0.497 e. The summed E-state index contributed by atoms with van der Waals surface area (Å²) >= 11 is 0. The summed E-state index contributed by atoms with van der Waals surface area (Å²) in [6.45, 7) is 0.168. The van der Waals surface area contributed by atoms with Crippen molar-refractivity contribution in [2.45, 2.75) is 0 Å². The third-order valence-corrected chi connectivity index (χ3v) is 4.70. The Bertz CT molecular complexity index is 1360. The number of nitrogens with one attached hydrogen (secondary N) is 1. The second-order valence-electron chi connectivity index (χ2n) is 6.72. The minimum absolute atomic E-state index is 0.0168. The number of hydrazone groups is 1. The number of carbonyl (C=O) groups is 1. The van der Waals surface area contributed by atoms with E-state index in [0.717, 1.165) is 0 Å². The lowest BCUT2D eigenvalue weighted by Gasteiger charge is -2.07. The van der Waals surface area contributed by atoms with Crippen LogP contribution in [0.4, 0.5) is 5.82 Å². The minimum atomic E-state index is -0.605. The Morgan fingerprint density at radius 1 is 1.21 bits per heavy atom. The average molecular weight is 448 g/mol. The van der Waals surface area contributed by atoms with Gasteiger partial charge in [-0.25, -0.2) is 10.1 Å². The van der Waals surface area contributed by atoms with Gasteiger partial charge in [0.05, 0.1) is 13.3 Å². The molecule has 3 N–H and O–H groups in total. The topological polar surface area (TPSA) is 165 Å². The molecule has 1 aliphatic heterocycles.